The van der Waals surface area contributed by atoms with Crippen molar-refractivity contribution in [3.63, 3.8) is 0 Å². The summed E-state index contributed by atoms with van der Waals surface area (Å²) in [7, 11) is 1.70. The fraction of sp³-hybridized carbons (Fsp3) is 0.500. The van der Waals surface area contributed by atoms with Gasteiger partial charge in [-0.1, -0.05) is 0 Å². The van der Waals surface area contributed by atoms with Crippen molar-refractivity contribution in [2.45, 2.75) is 19.9 Å². The van der Waals surface area contributed by atoms with E-state index < -0.39 is 0 Å². The van der Waals surface area contributed by atoms with Crippen LogP contribution in [0.25, 0.3) is 10.2 Å². The molecule has 0 aliphatic carbocycles. The van der Waals surface area contributed by atoms with Crippen molar-refractivity contribution < 1.29 is 4.74 Å². The second-order valence-corrected chi connectivity index (χ2v) is 5.22. The van der Waals surface area contributed by atoms with E-state index in [0.717, 1.165) is 22.6 Å². The van der Waals surface area contributed by atoms with Crippen LogP contribution in [0.2, 0.25) is 0 Å². The van der Waals surface area contributed by atoms with Gasteiger partial charge in [-0.25, -0.2) is 4.98 Å². The molecule has 0 atom stereocenters. The van der Waals surface area contributed by atoms with Crippen LogP contribution in [0.4, 0.5) is 11.8 Å². The molecule has 5 nitrogen and oxygen atoms in total. The monoisotopic (exact) mass is 266 g/mol. The van der Waals surface area contributed by atoms with E-state index in [-0.39, 0.29) is 0 Å². The summed E-state index contributed by atoms with van der Waals surface area (Å²) in [5.74, 6) is 1.22. The van der Waals surface area contributed by atoms with Gasteiger partial charge in [0.05, 0.1) is 12.0 Å². The third-order valence-corrected chi connectivity index (χ3v) is 3.56. The molecular formula is C12H18N4OS. The molecule has 6 heteroatoms. The van der Waals surface area contributed by atoms with Crippen LogP contribution in [-0.2, 0) is 4.74 Å². The molecule has 0 saturated heterocycles. The van der Waals surface area contributed by atoms with Gasteiger partial charge in [0.1, 0.15) is 10.6 Å². The Morgan fingerprint density at radius 2 is 2.22 bits per heavy atom. The number of fused-ring (bicyclic) bond motifs is 1. The van der Waals surface area contributed by atoms with Gasteiger partial charge in [-0.15, -0.1) is 11.3 Å². The van der Waals surface area contributed by atoms with Crippen molar-refractivity contribution in [1.29, 1.82) is 0 Å². The number of aromatic nitrogens is 2. The van der Waals surface area contributed by atoms with Crippen molar-refractivity contribution in [3.8, 4) is 0 Å². The lowest BCUT2D eigenvalue weighted by molar-refractivity contribution is 0.203. The summed E-state index contributed by atoms with van der Waals surface area (Å²) in [5, 5.41) is 3.07. The van der Waals surface area contributed by atoms with Crippen LogP contribution in [0.1, 0.15) is 13.8 Å². The van der Waals surface area contributed by atoms with Crippen LogP contribution in [0.15, 0.2) is 11.4 Å². The van der Waals surface area contributed by atoms with Gasteiger partial charge < -0.3 is 15.4 Å². The summed E-state index contributed by atoms with van der Waals surface area (Å²) in [5.41, 5.74) is 5.78. The van der Waals surface area contributed by atoms with Gasteiger partial charge in [0.2, 0.25) is 5.95 Å². The molecule has 0 spiro atoms. The lowest BCUT2D eigenvalue weighted by Crippen LogP contribution is -2.34. The van der Waals surface area contributed by atoms with Crippen molar-refractivity contribution in [2.75, 3.05) is 30.9 Å². The lowest BCUT2D eigenvalue weighted by Gasteiger charge is -2.28. The molecule has 2 aromatic heterocycles. The van der Waals surface area contributed by atoms with E-state index in [1.54, 1.807) is 18.4 Å². The molecule has 0 aromatic carbocycles. The molecule has 0 aliphatic rings. The summed E-state index contributed by atoms with van der Waals surface area (Å²) in [6.45, 7) is 5.71. The summed E-state index contributed by atoms with van der Waals surface area (Å²) >= 11 is 1.58. The molecule has 0 unspecified atom stereocenters. The minimum Gasteiger partial charge on any atom is -0.383 e. The highest BCUT2D eigenvalue weighted by atomic mass is 32.1. The van der Waals surface area contributed by atoms with Crippen LogP contribution >= 0.6 is 11.3 Å². The SMILES string of the molecule is COCCN(c1nc(N)nc2sccc12)C(C)C. The van der Waals surface area contributed by atoms with Crippen molar-refractivity contribution >= 4 is 33.3 Å². The zero-order chi connectivity index (χ0) is 13.1. The molecule has 0 amide bonds. The highest BCUT2D eigenvalue weighted by Crippen LogP contribution is 2.29. The Labute approximate surface area is 111 Å². The van der Waals surface area contributed by atoms with Gasteiger partial charge in [-0.3, -0.25) is 0 Å². The van der Waals surface area contributed by atoms with Crippen molar-refractivity contribution in [3.05, 3.63) is 11.4 Å². The first-order valence-corrected chi connectivity index (χ1v) is 6.77. The van der Waals surface area contributed by atoms with Gasteiger partial charge in [0.25, 0.3) is 0 Å². The summed E-state index contributed by atoms with van der Waals surface area (Å²) in [6, 6.07) is 2.37. The van der Waals surface area contributed by atoms with Gasteiger partial charge in [0, 0.05) is 19.7 Å². The highest BCUT2D eigenvalue weighted by molar-refractivity contribution is 7.16. The number of hydrogen-bond donors (Lipinski definition) is 1. The molecule has 2 rings (SSSR count). The first-order valence-electron chi connectivity index (χ1n) is 5.89. The zero-order valence-electron chi connectivity index (χ0n) is 10.9. The van der Waals surface area contributed by atoms with Gasteiger partial charge in [-0.05, 0) is 25.3 Å². The van der Waals surface area contributed by atoms with E-state index in [1.807, 2.05) is 11.4 Å². The molecule has 2 heterocycles. The predicted molar refractivity (Wildman–Crippen MR) is 76.2 cm³/mol. The normalized spacial score (nSPS) is 11.3. The van der Waals surface area contributed by atoms with E-state index >= 15 is 0 Å². The number of hydrogen-bond acceptors (Lipinski definition) is 6. The first kappa shape index (κ1) is 13.0. The van der Waals surface area contributed by atoms with E-state index in [1.165, 1.54) is 0 Å². The quantitative estimate of drug-likeness (QED) is 0.898. The van der Waals surface area contributed by atoms with Gasteiger partial charge >= 0.3 is 0 Å². The topological polar surface area (TPSA) is 64.3 Å². The second kappa shape index (κ2) is 5.49. The van der Waals surface area contributed by atoms with Crippen LogP contribution in [0, 0.1) is 0 Å². The number of nitrogen functional groups attached to an aromatic ring is 1. The molecule has 18 heavy (non-hydrogen) atoms. The number of ether oxygens (including phenoxy) is 1. The average Bonchev–Trinajstić information content (AvgIpc) is 2.76. The molecule has 0 bridgehead atoms. The van der Waals surface area contributed by atoms with E-state index in [9.17, 15) is 0 Å². The molecule has 0 aliphatic heterocycles. The Kier molecular flexibility index (Phi) is 3.98. The average molecular weight is 266 g/mol. The minimum absolute atomic E-state index is 0.322. The Morgan fingerprint density at radius 3 is 2.89 bits per heavy atom. The number of nitrogens with zero attached hydrogens (tertiary/aromatic N) is 3. The third-order valence-electron chi connectivity index (χ3n) is 2.75. The van der Waals surface area contributed by atoms with Crippen molar-refractivity contribution in [2.24, 2.45) is 0 Å². The maximum atomic E-state index is 5.78. The highest BCUT2D eigenvalue weighted by Gasteiger charge is 2.17. The zero-order valence-corrected chi connectivity index (χ0v) is 11.7. The maximum Gasteiger partial charge on any atom is 0.223 e. The Hall–Kier alpha value is -1.40. The molecule has 0 fully saturated rings. The van der Waals surface area contributed by atoms with E-state index in [0.29, 0.717) is 18.6 Å². The molecule has 0 saturated carbocycles. The van der Waals surface area contributed by atoms with Gasteiger partial charge in [0.15, 0.2) is 0 Å². The Bertz CT molecular complexity index is 526. The predicted octanol–water partition coefficient (Wildman–Crippen LogP) is 2.13. The second-order valence-electron chi connectivity index (χ2n) is 4.32. The number of nitrogens with two attached hydrogens (primary N) is 1. The van der Waals surface area contributed by atoms with Crippen LogP contribution in [-0.4, -0.2) is 36.3 Å². The van der Waals surface area contributed by atoms with Crippen LogP contribution in [0.3, 0.4) is 0 Å². The van der Waals surface area contributed by atoms with E-state index in [4.69, 9.17) is 10.5 Å². The standard InChI is InChI=1S/C12H18N4OS/c1-8(2)16(5-6-17-3)10-9-4-7-18-11(9)15-12(13)14-10/h4,7-8H,5-6H2,1-3H3,(H2,13,14,15). The summed E-state index contributed by atoms with van der Waals surface area (Å²) in [4.78, 5) is 11.8. The summed E-state index contributed by atoms with van der Waals surface area (Å²) < 4.78 is 5.15. The first-order chi connectivity index (χ1) is 8.63. The molecule has 98 valence electrons. The number of methoxy groups -OCH3 is 1. The molecule has 2 N–H and O–H groups in total. The number of anilines is 2. The molecule has 2 aromatic rings. The Morgan fingerprint density at radius 1 is 1.44 bits per heavy atom. The fourth-order valence-corrected chi connectivity index (χ4v) is 2.64. The third kappa shape index (κ3) is 2.54. The molecular weight excluding hydrogens is 248 g/mol. The largest absolute Gasteiger partial charge is 0.383 e. The minimum atomic E-state index is 0.322. The smallest absolute Gasteiger partial charge is 0.223 e. The van der Waals surface area contributed by atoms with Crippen LogP contribution < -0.4 is 10.6 Å². The lowest BCUT2D eigenvalue weighted by atomic mass is 10.2. The fourth-order valence-electron chi connectivity index (χ4n) is 1.87. The number of rotatable bonds is 5. The van der Waals surface area contributed by atoms with Crippen LogP contribution in [0.5, 0.6) is 0 Å². The number of thiophene rings is 1. The van der Waals surface area contributed by atoms with E-state index in [2.05, 4.69) is 28.7 Å². The molecule has 0 radical (unpaired) electrons. The van der Waals surface area contributed by atoms with Gasteiger partial charge in [-0.2, -0.15) is 4.98 Å². The Balaban J connectivity index is 2.45. The van der Waals surface area contributed by atoms with Crippen molar-refractivity contribution in [1.82, 2.24) is 9.97 Å². The maximum absolute atomic E-state index is 5.78. The summed E-state index contributed by atoms with van der Waals surface area (Å²) in [6.07, 6.45) is 0.